The Hall–Kier alpha value is -2.44. The van der Waals surface area contributed by atoms with Crippen LogP contribution in [0.2, 0.25) is 0 Å². The summed E-state index contributed by atoms with van der Waals surface area (Å²) in [6, 6.07) is 9.13. The monoisotopic (exact) mass is 490 g/mol. The van der Waals surface area contributed by atoms with E-state index < -0.39 is 0 Å². The van der Waals surface area contributed by atoms with E-state index >= 15 is 0 Å². The van der Waals surface area contributed by atoms with E-state index in [0.29, 0.717) is 12.1 Å². The average molecular weight is 491 g/mol. The molecular weight excluding hydrogens is 436 g/mol. The zero-order valence-corrected chi connectivity index (χ0v) is 24.7. The molecule has 2 rings (SSSR count). The minimum atomic E-state index is 0.0835. The number of ketones is 2. The molecule has 0 aliphatic carbocycles. The van der Waals surface area contributed by atoms with Gasteiger partial charge in [-0.25, -0.2) is 4.98 Å². The van der Waals surface area contributed by atoms with Gasteiger partial charge in [-0.05, 0) is 44.3 Å². The summed E-state index contributed by atoms with van der Waals surface area (Å²) in [5.74, 6) is 0.184. The Bertz CT molecular complexity index is 734. The zero-order chi connectivity index (χ0) is 28.1. The van der Waals surface area contributed by atoms with Gasteiger partial charge in [0.05, 0.1) is 11.4 Å². The number of nitrogens with zero attached hydrogens (tertiary/aromatic N) is 2. The largest absolute Gasteiger partial charge is 0.311 e. The van der Waals surface area contributed by atoms with E-state index in [4.69, 9.17) is 0 Å². The Morgan fingerprint density at radius 2 is 1.29 bits per heavy atom. The number of rotatable bonds is 9. The SMILES string of the molecule is CC.CC.CC.CC.CCNCc1cc(C(C)=O)ccn1.CCNCc1cccc(C(=O)CC)n1. The molecule has 202 valence electrons. The van der Waals surface area contributed by atoms with Crippen LogP contribution in [0.4, 0.5) is 0 Å². The molecule has 0 saturated carbocycles. The van der Waals surface area contributed by atoms with Crippen molar-refractivity contribution in [1.82, 2.24) is 20.6 Å². The van der Waals surface area contributed by atoms with Crippen LogP contribution in [0, 0.1) is 0 Å². The lowest BCUT2D eigenvalue weighted by Gasteiger charge is -2.03. The Balaban J connectivity index is -0.000000214. The molecule has 0 atom stereocenters. The van der Waals surface area contributed by atoms with Gasteiger partial charge < -0.3 is 10.6 Å². The molecule has 35 heavy (non-hydrogen) atoms. The van der Waals surface area contributed by atoms with Gasteiger partial charge in [-0.3, -0.25) is 14.6 Å². The molecule has 0 fully saturated rings. The van der Waals surface area contributed by atoms with Crippen molar-refractivity contribution in [1.29, 1.82) is 0 Å². The summed E-state index contributed by atoms with van der Waals surface area (Å²) in [7, 11) is 0. The second-order valence-electron chi connectivity index (χ2n) is 5.94. The van der Waals surface area contributed by atoms with E-state index in [1.807, 2.05) is 94.4 Å². The normalized spacial score (nSPS) is 8.46. The van der Waals surface area contributed by atoms with Crippen LogP contribution >= 0.6 is 0 Å². The number of nitrogens with one attached hydrogen (secondary N) is 2. The second-order valence-corrected chi connectivity index (χ2v) is 5.94. The van der Waals surface area contributed by atoms with Crippen molar-refractivity contribution < 1.29 is 9.59 Å². The molecule has 2 N–H and O–H groups in total. The van der Waals surface area contributed by atoms with Gasteiger partial charge in [-0.2, -0.15) is 0 Å². The Labute approximate surface area is 216 Å². The first-order chi connectivity index (χ1) is 17.0. The molecule has 0 aromatic carbocycles. The van der Waals surface area contributed by atoms with Gasteiger partial charge in [0.1, 0.15) is 5.69 Å². The Kier molecular flexibility index (Phi) is 35.9. The number of carbonyl (C=O) groups is 2. The van der Waals surface area contributed by atoms with E-state index in [2.05, 4.69) is 20.6 Å². The summed E-state index contributed by atoms with van der Waals surface area (Å²) in [5.41, 5.74) is 3.13. The highest BCUT2D eigenvalue weighted by molar-refractivity contribution is 5.94. The van der Waals surface area contributed by atoms with Crippen LogP contribution in [0.3, 0.4) is 0 Å². The van der Waals surface area contributed by atoms with Crippen molar-refractivity contribution in [3.8, 4) is 0 Å². The lowest BCUT2D eigenvalue weighted by atomic mass is 10.1. The lowest BCUT2D eigenvalue weighted by Crippen LogP contribution is -2.14. The molecule has 0 aliphatic rings. The van der Waals surface area contributed by atoms with Crippen molar-refractivity contribution in [3.63, 3.8) is 0 Å². The molecule has 0 unspecified atom stereocenters. The fraction of sp³-hybridized carbons (Fsp3) is 0.586. The van der Waals surface area contributed by atoms with E-state index in [1.165, 1.54) is 0 Å². The highest BCUT2D eigenvalue weighted by Crippen LogP contribution is 2.03. The van der Waals surface area contributed by atoms with Crippen molar-refractivity contribution in [2.45, 2.75) is 103 Å². The maximum atomic E-state index is 11.4. The molecule has 2 aromatic heterocycles. The quantitative estimate of drug-likeness (QED) is 0.359. The number of aromatic nitrogens is 2. The van der Waals surface area contributed by atoms with Crippen LogP contribution in [0.15, 0.2) is 36.5 Å². The van der Waals surface area contributed by atoms with Crippen molar-refractivity contribution in [2.24, 2.45) is 0 Å². The summed E-state index contributed by atoms with van der Waals surface area (Å²) in [6.07, 6.45) is 2.18. The first-order valence-electron chi connectivity index (χ1n) is 13.4. The summed E-state index contributed by atoms with van der Waals surface area (Å²) < 4.78 is 0. The van der Waals surface area contributed by atoms with Crippen LogP contribution < -0.4 is 10.6 Å². The van der Waals surface area contributed by atoms with Crippen LogP contribution in [0.25, 0.3) is 0 Å². The molecule has 0 spiro atoms. The van der Waals surface area contributed by atoms with Crippen molar-refractivity contribution >= 4 is 11.6 Å². The van der Waals surface area contributed by atoms with Gasteiger partial charge in [0.15, 0.2) is 11.6 Å². The summed E-state index contributed by atoms with van der Waals surface area (Å²) in [5, 5.41) is 6.33. The number of pyridine rings is 2. The maximum absolute atomic E-state index is 11.4. The summed E-state index contributed by atoms with van der Waals surface area (Å²) in [4.78, 5) is 30.8. The minimum Gasteiger partial charge on any atom is -0.311 e. The smallest absolute Gasteiger partial charge is 0.180 e. The predicted octanol–water partition coefficient (Wildman–Crippen LogP) is 7.28. The van der Waals surface area contributed by atoms with Crippen LogP contribution in [0.5, 0.6) is 0 Å². The predicted molar refractivity (Wildman–Crippen MR) is 153 cm³/mol. The van der Waals surface area contributed by atoms with Crippen LogP contribution in [-0.2, 0) is 13.1 Å². The Morgan fingerprint density at radius 1 is 0.771 bits per heavy atom. The van der Waals surface area contributed by atoms with Crippen molar-refractivity contribution in [2.75, 3.05) is 13.1 Å². The Morgan fingerprint density at radius 3 is 1.74 bits per heavy atom. The second kappa shape index (κ2) is 31.6. The average Bonchev–Trinajstić information content (AvgIpc) is 2.95. The van der Waals surface area contributed by atoms with Gasteiger partial charge in [-0.15, -0.1) is 0 Å². The van der Waals surface area contributed by atoms with E-state index in [9.17, 15) is 9.59 Å². The molecule has 0 aliphatic heterocycles. The molecule has 0 amide bonds. The third-order valence-electron chi connectivity index (χ3n) is 3.75. The molecule has 6 heteroatoms. The standard InChI is InChI=1S/C11H16N2O.C10H14N2O.4C2H6/c1-3-11(14)10-7-5-6-9(13-10)8-12-4-2;1-3-11-7-10-6-9(8(2)13)4-5-12-10;4*1-2/h5-7,12H,3-4,8H2,1-2H3;4-6,11H,3,7H2,1-2H3;4*1-2H3. The number of Topliss-reactive ketones (excluding diaryl/α,β-unsaturated/α-hetero) is 2. The summed E-state index contributed by atoms with van der Waals surface area (Å²) in [6.45, 7) is 26.8. The number of hydrogen-bond donors (Lipinski definition) is 2. The summed E-state index contributed by atoms with van der Waals surface area (Å²) >= 11 is 0. The van der Waals surface area contributed by atoms with Gasteiger partial charge in [0.25, 0.3) is 0 Å². The van der Waals surface area contributed by atoms with Crippen LogP contribution in [-0.4, -0.2) is 34.6 Å². The first kappa shape index (κ1) is 39.8. The maximum Gasteiger partial charge on any atom is 0.180 e. The number of hydrogen-bond acceptors (Lipinski definition) is 6. The molecule has 0 radical (unpaired) electrons. The fourth-order valence-electron chi connectivity index (χ4n) is 2.21. The lowest BCUT2D eigenvalue weighted by molar-refractivity contribution is 0.0981. The third kappa shape index (κ3) is 21.8. The van der Waals surface area contributed by atoms with Gasteiger partial charge in [0, 0.05) is 31.3 Å². The topological polar surface area (TPSA) is 84.0 Å². The molecule has 2 heterocycles. The van der Waals surface area contributed by atoms with E-state index in [1.54, 1.807) is 25.3 Å². The first-order valence-corrected chi connectivity index (χ1v) is 13.4. The molecule has 0 saturated heterocycles. The van der Waals surface area contributed by atoms with E-state index in [0.717, 1.165) is 43.1 Å². The highest BCUT2D eigenvalue weighted by atomic mass is 16.1. The van der Waals surface area contributed by atoms with Gasteiger partial charge in [0.2, 0.25) is 0 Å². The van der Waals surface area contributed by atoms with E-state index in [-0.39, 0.29) is 11.6 Å². The fourth-order valence-corrected chi connectivity index (χ4v) is 2.21. The number of carbonyl (C=O) groups excluding carboxylic acids is 2. The third-order valence-corrected chi connectivity index (χ3v) is 3.75. The molecule has 2 aromatic rings. The van der Waals surface area contributed by atoms with Gasteiger partial charge >= 0.3 is 0 Å². The minimum absolute atomic E-state index is 0.0835. The van der Waals surface area contributed by atoms with Crippen LogP contribution in [0.1, 0.15) is 122 Å². The molecular formula is C29H54N4O2. The zero-order valence-electron chi connectivity index (χ0n) is 24.7. The molecule has 0 bridgehead atoms. The molecule has 6 nitrogen and oxygen atoms in total. The van der Waals surface area contributed by atoms with Gasteiger partial charge in [-0.1, -0.05) is 82.2 Å². The highest BCUT2D eigenvalue weighted by Gasteiger charge is 2.04. The van der Waals surface area contributed by atoms with Crippen molar-refractivity contribution in [3.05, 3.63) is 59.2 Å².